The van der Waals surface area contributed by atoms with Crippen LogP contribution in [0, 0.1) is 17.1 Å². The molecule has 3 amide bonds. The lowest BCUT2D eigenvalue weighted by Crippen LogP contribution is -2.30. The zero-order valence-corrected chi connectivity index (χ0v) is 18.3. The monoisotopic (exact) mass is 460 g/mol. The van der Waals surface area contributed by atoms with Crippen molar-refractivity contribution in [2.75, 3.05) is 31.5 Å². The third-order valence-corrected chi connectivity index (χ3v) is 5.81. The fraction of sp³-hybridized carbons (Fsp3) is 0.429. The van der Waals surface area contributed by atoms with Gasteiger partial charge in [-0.05, 0) is 69.0 Å². The Morgan fingerprint density at radius 3 is 2.78 bits per heavy atom. The van der Waals surface area contributed by atoms with Crippen LogP contribution in [0.25, 0.3) is 0 Å². The molecule has 1 aliphatic rings. The van der Waals surface area contributed by atoms with Crippen LogP contribution in [-0.4, -0.2) is 47.4 Å². The van der Waals surface area contributed by atoms with E-state index in [0.29, 0.717) is 6.54 Å². The van der Waals surface area contributed by atoms with Gasteiger partial charge in [0.2, 0.25) is 5.88 Å². The minimum absolute atomic E-state index is 0.0757. The number of nitrogens with one attached hydrogen (secondary N) is 2. The lowest BCUT2D eigenvalue weighted by molar-refractivity contribution is 0.0996. The number of benzene rings is 1. The van der Waals surface area contributed by atoms with E-state index in [1.807, 2.05) is 6.07 Å². The molecule has 0 unspecified atom stereocenters. The van der Waals surface area contributed by atoms with E-state index in [1.165, 1.54) is 25.0 Å². The quantitative estimate of drug-likeness (QED) is 0.467. The summed E-state index contributed by atoms with van der Waals surface area (Å²) in [5.74, 6) is -1.52. The number of hydrogen-bond donors (Lipinski definition) is 3. The van der Waals surface area contributed by atoms with E-state index in [4.69, 9.17) is 15.7 Å². The minimum atomic E-state index is -0.824. The molecular weight excluding hydrogens is 435 g/mol. The zero-order chi connectivity index (χ0) is 22.9. The van der Waals surface area contributed by atoms with Gasteiger partial charge in [-0.3, -0.25) is 10.1 Å². The van der Waals surface area contributed by atoms with Gasteiger partial charge in [0.25, 0.3) is 5.91 Å². The van der Waals surface area contributed by atoms with Crippen LogP contribution in [0.2, 0.25) is 0 Å². The molecule has 1 fully saturated rings. The molecule has 2 aromatic rings. The summed E-state index contributed by atoms with van der Waals surface area (Å²) < 4.78 is 23.5. The smallest absolute Gasteiger partial charge is 0.319 e. The normalized spacial score (nSPS) is 13.5. The van der Waals surface area contributed by atoms with Crippen LogP contribution in [0.5, 0.6) is 5.88 Å². The number of urea groups is 1. The maximum Gasteiger partial charge on any atom is 0.319 e. The molecular formula is C21H25FN6O3S. The van der Waals surface area contributed by atoms with E-state index in [-0.39, 0.29) is 34.2 Å². The molecule has 0 aliphatic carbocycles. The van der Waals surface area contributed by atoms with Crippen LogP contribution in [-0.2, 0) is 6.61 Å². The minimum Gasteiger partial charge on any atom is -0.471 e. The summed E-state index contributed by atoms with van der Waals surface area (Å²) in [5, 5.41) is 14.3. The van der Waals surface area contributed by atoms with E-state index in [9.17, 15) is 14.0 Å². The van der Waals surface area contributed by atoms with Crippen molar-refractivity contribution in [2.45, 2.75) is 32.3 Å². The molecule has 170 valence electrons. The van der Waals surface area contributed by atoms with Crippen molar-refractivity contribution in [1.29, 1.82) is 5.26 Å². The van der Waals surface area contributed by atoms with Crippen molar-refractivity contribution in [2.24, 2.45) is 5.73 Å². The Bertz CT molecular complexity index is 1000. The maximum absolute atomic E-state index is 14.0. The molecule has 0 atom stereocenters. The standard InChI is InChI=1S/C21H25FN6O3S/c22-16-11-14(12-23)5-6-15(16)13-31-19-17(18(24)29)20(32-27-19)26-21(30)25-7-1-2-8-28-9-3-4-10-28/h5-6,11H,1-4,7-10,13H2,(H2,24,29)(H2,25,26,30). The van der Waals surface area contributed by atoms with Crippen molar-refractivity contribution in [3.63, 3.8) is 0 Å². The number of primary amides is 1. The van der Waals surface area contributed by atoms with E-state index in [0.717, 1.165) is 50.1 Å². The van der Waals surface area contributed by atoms with Crippen LogP contribution >= 0.6 is 11.5 Å². The van der Waals surface area contributed by atoms with Gasteiger partial charge in [0.15, 0.2) is 0 Å². The highest BCUT2D eigenvalue weighted by molar-refractivity contribution is 7.11. The number of carbonyl (C=O) groups is 2. The number of rotatable bonds is 10. The number of hydrogen-bond acceptors (Lipinski definition) is 7. The summed E-state index contributed by atoms with van der Waals surface area (Å²) >= 11 is 0.848. The third-order valence-electron chi connectivity index (χ3n) is 5.07. The molecule has 0 bridgehead atoms. The second-order valence-electron chi connectivity index (χ2n) is 7.40. The van der Waals surface area contributed by atoms with E-state index >= 15 is 0 Å². The molecule has 2 heterocycles. The summed E-state index contributed by atoms with van der Waals surface area (Å²) in [5.41, 5.74) is 5.73. The summed E-state index contributed by atoms with van der Waals surface area (Å²) in [4.78, 5) is 26.5. The Morgan fingerprint density at radius 1 is 1.31 bits per heavy atom. The maximum atomic E-state index is 14.0. The molecule has 1 aliphatic heterocycles. The van der Waals surface area contributed by atoms with E-state index in [1.54, 1.807) is 0 Å². The van der Waals surface area contributed by atoms with Crippen LogP contribution in [0.1, 0.15) is 47.2 Å². The van der Waals surface area contributed by atoms with Gasteiger partial charge in [0.05, 0.1) is 11.6 Å². The van der Waals surface area contributed by atoms with Gasteiger partial charge in [-0.25, -0.2) is 9.18 Å². The lowest BCUT2D eigenvalue weighted by Gasteiger charge is -2.14. The highest BCUT2D eigenvalue weighted by Crippen LogP contribution is 2.31. The number of anilines is 1. The van der Waals surface area contributed by atoms with Crippen LogP contribution in [0.4, 0.5) is 14.2 Å². The Kier molecular flexibility index (Phi) is 8.35. The number of aromatic nitrogens is 1. The Labute approximate surface area is 189 Å². The predicted octanol–water partition coefficient (Wildman–Crippen LogP) is 2.83. The van der Waals surface area contributed by atoms with Crippen molar-refractivity contribution in [3.8, 4) is 11.9 Å². The molecule has 1 saturated heterocycles. The largest absolute Gasteiger partial charge is 0.471 e. The first kappa shape index (κ1) is 23.4. The van der Waals surface area contributed by atoms with Crippen LogP contribution < -0.4 is 21.1 Å². The van der Waals surface area contributed by atoms with Gasteiger partial charge < -0.3 is 20.7 Å². The number of likely N-dealkylation sites (tertiary alicyclic amines) is 1. The number of ether oxygens (including phenoxy) is 1. The van der Waals surface area contributed by atoms with Gasteiger partial charge in [0, 0.05) is 12.1 Å². The van der Waals surface area contributed by atoms with Gasteiger partial charge in [0.1, 0.15) is 23.0 Å². The van der Waals surface area contributed by atoms with Gasteiger partial charge in [-0.1, -0.05) is 6.07 Å². The molecule has 3 rings (SSSR count). The summed E-state index contributed by atoms with van der Waals surface area (Å²) in [6, 6.07) is 5.35. The number of halogens is 1. The molecule has 9 nitrogen and oxygen atoms in total. The summed E-state index contributed by atoms with van der Waals surface area (Å²) in [6.45, 7) is 3.62. The van der Waals surface area contributed by atoms with Gasteiger partial charge >= 0.3 is 6.03 Å². The fourth-order valence-corrected chi connectivity index (χ4v) is 4.11. The first-order valence-corrected chi connectivity index (χ1v) is 11.1. The van der Waals surface area contributed by atoms with Crippen LogP contribution in [0.3, 0.4) is 0 Å². The topological polar surface area (TPSA) is 133 Å². The first-order valence-electron chi connectivity index (χ1n) is 10.4. The highest BCUT2D eigenvalue weighted by Gasteiger charge is 2.22. The third kappa shape index (κ3) is 6.38. The van der Waals surface area contributed by atoms with Crippen molar-refractivity contribution in [3.05, 3.63) is 40.7 Å². The van der Waals surface area contributed by atoms with Crippen molar-refractivity contribution in [1.82, 2.24) is 14.6 Å². The molecule has 32 heavy (non-hydrogen) atoms. The lowest BCUT2D eigenvalue weighted by atomic mass is 10.1. The Morgan fingerprint density at radius 2 is 2.09 bits per heavy atom. The van der Waals surface area contributed by atoms with E-state index < -0.39 is 17.8 Å². The summed E-state index contributed by atoms with van der Waals surface area (Å²) in [7, 11) is 0. The number of carbonyl (C=O) groups excluding carboxylic acids is 2. The molecule has 1 aromatic heterocycles. The molecule has 0 spiro atoms. The molecule has 4 N–H and O–H groups in total. The van der Waals surface area contributed by atoms with Crippen molar-refractivity contribution < 1.29 is 18.7 Å². The number of amides is 3. The number of nitrogens with two attached hydrogens (primary N) is 1. The number of nitriles is 1. The van der Waals surface area contributed by atoms with Gasteiger partial charge in [-0.2, -0.15) is 9.64 Å². The average molecular weight is 461 g/mol. The first-order chi connectivity index (χ1) is 15.5. The fourth-order valence-electron chi connectivity index (χ4n) is 3.37. The Hall–Kier alpha value is -3.23. The molecule has 0 saturated carbocycles. The zero-order valence-electron chi connectivity index (χ0n) is 17.5. The van der Waals surface area contributed by atoms with Crippen LogP contribution in [0.15, 0.2) is 18.2 Å². The molecule has 0 radical (unpaired) electrons. The van der Waals surface area contributed by atoms with E-state index in [2.05, 4.69) is 19.9 Å². The number of nitrogens with zero attached hydrogens (tertiary/aromatic N) is 3. The average Bonchev–Trinajstić information content (AvgIpc) is 3.42. The number of unbranched alkanes of at least 4 members (excludes halogenated alkanes) is 1. The second kappa shape index (κ2) is 11.4. The van der Waals surface area contributed by atoms with Gasteiger partial charge in [-0.15, -0.1) is 0 Å². The Balaban J connectivity index is 1.50. The molecule has 1 aromatic carbocycles. The molecule has 11 heteroatoms. The second-order valence-corrected chi connectivity index (χ2v) is 8.17. The SMILES string of the molecule is N#Cc1ccc(COc2nsc(NC(=O)NCCCCN3CCCC3)c2C(N)=O)c(F)c1. The van der Waals surface area contributed by atoms with Crippen molar-refractivity contribution >= 4 is 28.5 Å². The summed E-state index contributed by atoms with van der Waals surface area (Å²) in [6.07, 6.45) is 4.36. The predicted molar refractivity (Wildman–Crippen MR) is 118 cm³/mol. The highest BCUT2D eigenvalue weighted by atomic mass is 32.1.